The largest absolute Gasteiger partial charge is 0.390 e. The molecule has 2 heterocycles. The molecule has 0 saturated carbocycles. The Balaban J connectivity index is 1.67. The Labute approximate surface area is 129 Å². The first-order valence-electron chi connectivity index (χ1n) is 7.86. The molecule has 2 aromatic rings. The molecule has 6 nitrogen and oxygen atoms in total. The molecular formula is C16H22N4O2. The second kappa shape index (κ2) is 6.54. The third kappa shape index (κ3) is 3.34. The average Bonchev–Trinajstić information content (AvgIpc) is 2.53. The molecule has 22 heavy (non-hydrogen) atoms. The number of nitrogens with zero attached hydrogens (tertiary/aromatic N) is 4. The second-order valence-electron chi connectivity index (χ2n) is 6.23. The van der Waals surface area contributed by atoms with Crippen molar-refractivity contribution in [3.8, 4) is 0 Å². The SMILES string of the molecule is CC1CCN(CC(O)Cn2nnc3ccccc3c2=O)CC1. The van der Waals surface area contributed by atoms with Gasteiger partial charge in [0, 0.05) is 6.54 Å². The number of piperidine rings is 1. The van der Waals surface area contributed by atoms with Crippen molar-refractivity contribution in [1.82, 2.24) is 19.9 Å². The zero-order valence-electron chi connectivity index (χ0n) is 12.9. The van der Waals surface area contributed by atoms with E-state index < -0.39 is 6.10 Å². The number of hydrogen-bond donors (Lipinski definition) is 1. The quantitative estimate of drug-likeness (QED) is 0.908. The van der Waals surface area contributed by atoms with Crippen LogP contribution in [0, 0.1) is 5.92 Å². The van der Waals surface area contributed by atoms with Crippen LogP contribution in [0.2, 0.25) is 0 Å². The molecule has 1 aromatic heterocycles. The molecule has 1 fully saturated rings. The van der Waals surface area contributed by atoms with Crippen molar-refractivity contribution in [3.63, 3.8) is 0 Å². The van der Waals surface area contributed by atoms with Crippen molar-refractivity contribution in [2.45, 2.75) is 32.4 Å². The van der Waals surface area contributed by atoms with E-state index in [2.05, 4.69) is 22.1 Å². The fourth-order valence-corrected chi connectivity index (χ4v) is 2.94. The third-order valence-electron chi connectivity index (χ3n) is 4.36. The summed E-state index contributed by atoms with van der Waals surface area (Å²) in [5.41, 5.74) is 0.389. The molecule has 0 spiro atoms. The average molecular weight is 302 g/mol. The molecule has 118 valence electrons. The maximum absolute atomic E-state index is 12.3. The molecule has 0 bridgehead atoms. The highest BCUT2D eigenvalue weighted by molar-refractivity contribution is 5.76. The molecule has 1 atom stereocenters. The zero-order valence-corrected chi connectivity index (χ0v) is 12.9. The number of benzene rings is 1. The molecule has 1 aliphatic rings. The van der Waals surface area contributed by atoms with Gasteiger partial charge in [-0.3, -0.25) is 4.79 Å². The number of hydrogen-bond acceptors (Lipinski definition) is 5. The Bertz CT molecular complexity index is 692. The maximum atomic E-state index is 12.3. The molecule has 0 radical (unpaired) electrons. The summed E-state index contributed by atoms with van der Waals surface area (Å²) in [6, 6.07) is 7.13. The summed E-state index contributed by atoms with van der Waals surface area (Å²) in [7, 11) is 0. The fourth-order valence-electron chi connectivity index (χ4n) is 2.94. The van der Waals surface area contributed by atoms with Gasteiger partial charge in [0.15, 0.2) is 0 Å². The Kier molecular flexibility index (Phi) is 4.49. The van der Waals surface area contributed by atoms with Crippen molar-refractivity contribution in [2.24, 2.45) is 5.92 Å². The number of likely N-dealkylation sites (tertiary alicyclic amines) is 1. The van der Waals surface area contributed by atoms with E-state index in [1.54, 1.807) is 18.2 Å². The van der Waals surface area contributed by atoms with Crippen molar-refractivity contribution in [3.05, 3.63) is 34.6 Å². The minimum absolute atomic E-state index is 0.183. The standard InChI is InChI=1S/C16H22N4O2/c1-12-6-8-19(9-7-12)10-13(21)11-20-16(22)14-4-2-3-5-15(14)17-18-20/h2-5,12-13,21H,6-11H2,1H3. The van der Waals surface area contributed by atoms with Gasteiger partial charge in [0.25, 0.3) is 5.56 Å². The van der Waals surface area contributed by atoms with E-state index in [4.69, 9.17) is 0 Å². The third-order valence-corrected chi connectivity index (χ3v) is 4.36. The van der Waals surface area contributed by atoms with Crippen LogP contribution in [0.5, 0.6) is 0 Å². The topological polar surface area (TPSA) is 71.2 Å². The summed E-state index contributed by atoms with van der Waals surface area (Å²) in [5.74, 6) is 0.766. The van der Waals surface area contributed by atoms with Gasteiger partial charge in [-0.1, -0.05) is 24.3 Å². The number of aliphatic hydroxyl groups excluding tert-OH is 1. The van der Waals surface area contributed by atoms with Gasteiger partial charge in [-0.15, -0.1) is 5.10 Å². The van der Waals surface area contributed by atoms with Gasteiger partial charge < -0.3 is 10.0 Å². The van der Waals surface area contributed by atoms with Crippen LogP contribution in [-0.4, -0.2) is 50.7 Å². The van der Waals surface area contributed by atoms with Gasteiger partial charge in [0.05, 0.1) is 18.0 Å². The Morgan fingerprint density at radius 2 is 2.00 bits per heavy atom. The van der Waals surface area contributed by atoms with Gasteiger partial charge in [-0.2, -0.15) is 0 Å². The van der Waals surface area contributed by atoms with Crippen LogP contribution in [0.3, 0.4) is 0 Å². The lowest BCUT2D eigenvalue weighted by molar-refractivity contribution is 0.0761. The molecule has 1 unspecified atom stereocenters. The summed E-state index contributed by atoms with van der Waals surface area (Å²) in [6.07, 6.45) is 1.73. The van der Waals surface area contributed by atoms with E-state index in [1.807, 2.05) is 6.07 Å². The van der Waals surface area contributed by atoms with E-state index in [0.717, 1.165) is 19.0 Å². The number of rotatable bonds is 4. The predicted octanol–water partition coefficient (Wildman–Crippen LogP) is 0.884. The van der Waals surface area contributed by atoms with E-state index in [-0.39, 0.29) is 12.1 Å². The van der Waals surface area contributed by atoms with Crippen LogP contribution < -0.4 is 5.56 Å². The van der Waals surface area contributed by atoms with E-state index in [0.29, 0.717) is 17.4 Å². The molecule has 1 aliphatic heterocycles. The maximum Gasteiger partial charge on any atom is 0.277 e. The van der Waals surface area contributed by atoms with Crippen molar-refractivity contribution < 1.29 is 5.11 Å². The van der Waals surface area contributed by atoms with Crippen LogP contribution in [0.15, 0.2) is 29.1 Å². The summed E-state index contributed by atoms with van der Waals surface area (Å²) >= 11 is 0. The fraction of sp³-hybridized carbons (Fsp3) is 0.562. The first kappa shape index (κ1) is 15.1. The van der Waals surface area contributed by atoms with Crippen LogP contribution in [0.25, 0.3) is 10.9 Å². The smallest absolute Gasteiger partial charge is 0.277 e. The van der Waals surface area contributed by atoms with Gasteiger partial charge in [0.2, 0.25) is 0 Å². The van der Waals surface area contributed by atoms with Gasteiger partial charge >= 0.3 is 0 Å². The lowest BCUT2D eigenvalue weighted by atomic mass is 9.99. The van der Waals surface area contributed by atoms with Crippen LogP contribution in [0.4, 0.5) is 0 Å². The van der Waals surface area contributed by atoms with Gasteiger partial charge in [0.1, 0.15) is 5.52 Å². The number of aliphatic hydroxyl groups is 1. The monoisotopic (exact) mass is 302 g/mol. The molecule has 0 aliphatic carbocycles. The zero-order chi connectivity index (χ0) is 15.5. The van der Waals surface area contributed by atoms with Crippen LogP contribution in [-0.2, 0) is 6.54 Å². The van der Waals surface area contributed by atoms with E-state index in [1.165, 1.54) is 17.5 Å². The Morgan fingerprint density at radius 1 is 1.27 bits per heavy atom. The van der Waals surface area contributed by atoms with E-state index >= 15 is 0 Å². The highest BCUT2D eigenvalue weighted by Gasteiger charge is 2.19. The van der Waals surface area contributed by atoms with E-state index in [9.17, 15) is 9.90 Å². The van der Waals surface area contributed by atoms with Crippen molar-refractivity contribution >= 4 is 10.9 Å². The van der Waals surface area contributed by atoms with Crippen molar-refractivity contribution in [2.75, 3.05) is 19.6 Å². The molecular weight excluding hydrogens is 280 g/mol. The normalized spacial score (nSPS) is 18.6. The highest BCUT2D eigenvalue weighted by Crippen LogP contribution is 2.16. The Hall–Kier alpha value is -1.79. The first-order chi connectivity index (χ1) is 10.6. The summed E-state index contributed by atoms with van der Waals surface area (Å²) < 4.78 is 1.26. The lowest BCUT2D eigenvalue weighted by Crippen LogP contribution is -2.41. The minimum Gasteiger partial charge on any atom is -0.390 e. The molecule has 1 saturated heterocycles. The first-order valence-corrected chi connectivity index (χ1v) is 7.86. The summed E-state index contributed by atoms with van der Waals surface area (Å²) in [5, 5.41) is 18.8. The summed E-state index contributed by atoms with van der Waals surface area (Å²) in [6.45, 7) is 5.04. The highest BCUT2D eigenvalue weighted by atomic mass is 16.3. The molecule has 1 aromatic carbocycles. The van der Waals surface area contributed by atoms with Gasteiger partial charge in [-0.25, -0.2) is 4.68 Å². The van der Waals surface area contributed by atoms with Gasteiger partial charge in [-0.05, 0) is 44.0 Å². The second-order valence-corrected chi connectivity index (χ2v) is 6.23. The predicted molar refractivity (Wildman–Crippen MR) is 84.6 cm³/mol. The molecule has 1 N–H and O–H groups in total. The molecule has 3 rings (SSSR count). The van der Waals surface area contributed by atoms with Crippen molar-refractivity contribution in [1.29, 1.82) is 0 Å². The number of aromatic nitrogens is 3. The minimum atomic E-state index is -0.610. The summed E-state index contributed by atoms with van der Waals surface area (Å²) in [4.78, 5) is 14.6. The number of β-amino-alcohol motifs (C(OH)–C–C–N with tert-alkyl or cyclic N) is 1. The molecule has 6 heteroatoms. The van der Waals surface area contributed by atoms with Crippen LogP contribution in [0.1, 0.15) is 19.8 Å². The number of fused-ring (bicyclic) bond motifs is 1. The molecule has 0 amide bonds. The van der Waals surface area contributed by atoms with Crippen LogP contribution >= 0.6 is 0 Å². The Morgan fingerprint density at radius 3 is 2.77 bits per heavy atom. The lowest BCUT2D eigenvalue weighted by Gasteiger charge is -2.31.